The maximum absolute atomic E-state index is 12.9. The lowest BCUT2D eigenvalue weighted by Crippen LogP contribution is -2.40. The number of benzene rings is 2. The van der Waals surface area contributed by atoms with E-state index >= 15 is 0 Å². The Hall–Kier alpha value is -2.40. The third kappa shape index (κ3) is 5.07. The summed E-state index contributed by atoms with van der Waals surface area (Å²) >= 11 is 5.78. The van der Waals surface area contributed by atoms with Gasteiger partial charge in [0.05, 0.1) is 6.04 Å². The molecule has 2 amide bonds. The van der Waals surface area contributed by atoms with E-state index in [2.05, 4.69) is 10.6 Å². The molecule has 0 radical (unpaired) electrons. The Balaban J connectivity index is 1.85. The topological polar surface area (TPSA) is 58.2 Å². The van der Waals surface area contributed by atoms with Gasteiger partial charge in [-0.25, -0.2) is 4.39 Å². The van der Waals surface area contributed by atoms with Gasteiger partial charge in [0.2, 0.25) is 0 Å². The molecule has 2 N–H and O–H groups in total. The number of hydrogen-bond donors (Lipinski definition) is 2. The molecule has 0 saturated carbocycles. The van der Waals surface area contributed by atoms with E-state index in [4.69, 9.17) is 11.6 Å². The van der Waals surface area contributed by atoms with Gasteiger partial charge in [0.1, 0.15) is 5.82 Å². The van der Waals surface area contributed by atoms with Gasteiger partial charge in [-0.15, -0.1) is 0 Å². The van der Waals surface area contributed by atoms with E-state index in [-0.39, 0.29) is 12.4 Å². The standard InChI is InChI=1S/C17H16ClFN2O2/c1-11(13-4-8-15(19)9-5-13)21-17(23)16(22)20-10-12-2-6-14(18)7-3-12/h2-9,11H,10H2,1H3,(H,20,22)(H,21,23)/t11-/m0/s1. The summed E-state index contributed by atoms with van der Waals surface area (Å²) < 4.78 is 12.9. The quantitative estimate of drug-likeness (QED) is 0.845. The van der Waals surface area contributed by atoms with Crippen LogP contribution in [0.3, 0.4) is 0 Å². The first-order valence-corrected chi connectivity index (χ1v) is 7.42. The van der Waals surface area contributed by atoms with Crippen LogP contribution in [0.5, 0.6) is 0 Å². The van der Waals surface area contributed by atoms with E-state index in [0.29, 0.717) is 10.6 Å². The zero-order chi connectivity index (χ0) is 16.8. The zero-order valence-corrected chi connectivity index (χ0v) is 13.2. The van der Waals surface area contributed by atoms with Gasteiger partial charge in [-0.3, -0.25) is 9.59 Å². The second-order valence-corrected chi connectivity index (χ2v) is 5.49. The summed E-state index contributed by atoms with van der Waals surface area (Å²) in [7, 11) is 0. The highest BCUT2D eigenvalue weighted by Crippen LogP contribution is 2.12. The van der Waals surface area contributed by atoms with Crippen molar-refractivity contribution in [2.45, 2.75) is 19.5 Å². The van der Waals surface area contributed by atoms with Gasteiger partial charge in [-0.1, -0.05) is 35.9 Å². The van der Waals surface area contributed by atoms with Crippen molar-refractivity contribution in [1.29, 1.82) is 0 Å². The molecule has 2 aromatic rings. The summed E-state index contributed by atoms with van der Waals surface area (Å²) in [4.78, 5) is 23.6. The fourth-order valence-corrected chi connectivity index (χ4v) is 2.09. The number of carbonyl (C=O) groups excluding carboxylic acids is 2. The summed E-state index contributed by atoms with van der Waals surface area (Å²) in [5.41, 5.74) is 1.55. The molecule has 0 aliphatic rings. The Kier molecular flexibility index (Phi) is 5.71. The van der Waals surface area contributed by atoms with Gasteiger partial charge >= 0.3 is 11.8 Å². The van der Waals surface area contributed by atoms with Crippen LogP contribution in [0.4, 0.5) is 4.39 Å². The molecule has 0 fully saturated rings. The van der Waals surface area contributed by atoms with Crippen LogP contribution in [0, 0.1) is 5.82 Å². The molecule has 6 heteroatoms. The van der Waals surface area contributed by atoms with Gasteiger partial charge in [0.15, 0.2) is 0 Å². The monoisotopic (exact) mass is 334 g/mol. The predicted octanol–water partition coefficient (Wildman–Crippen LogP) is 2.97. The van der Waals surface area contributed by atoms with Crippen molar-refractivity contribution in [2.24, 2.45) is 0 Å². The lowest BCUT2D eigenvalue weighted by atomic mass is 10.1. The van der Waals surface area contributed by atoms with Crippen LogP contribution in [0.1, 0.15) is 24.1 Å². The molecule has 0 unspecified atom stereocenters. The van der Waals surface area contributed by atoms with E-state index in [0.717, 1.165) is 5.56 Å². The molecule has 0 heterocycles. The molecule has 0 bridgehead atoms. The molecule has 120 valence electrons. The molecular formula is C17H16ClFN2O2. The van der Waals surface area contributed by atoms with Crippen LogP contribution >= 0.6 is 11.6 Å². The van der Waals surface area contributed by atoms with E-state index in [1.54, 1.807) is 43.3 Å². The van der Waals surface area contributed by atoms with Crippen LogP contribution in [-0.4, -0.2) is 11.8 Å². The third-order valence-corrected chi connectivity index (χ3v) is 3.54. The van der Waals surface area contributed by atoms with Crippen LogP contribution < -0.4 is 10.6 Å². The molecule has 2 rings (SSSR count). The maximum Gasteiger partial charge on any atom is 0.309 e. The summed E-state index contributed by atoms with van der Waals surface area (Å²) in [6, 6.07) is 12.3. The average molecular weight is 335 g/mol. The molecule has 4 nitrogen and oxygen atoms in total. The summed E-state index contributed by atoms with van der Waals surface area (Å²) in [6.45, 7) is 1.95. The molecule has 23 heavy (non-hydrogen) atoms. The predicted molar refractivity (Wildman–Crippen MR) is 86.3 cm³/mol. The van der Waals surface area contributed by atoms with Crippen LogP contribution in [-0.2, 0) is 16.1 Å². The molecule has 0 aromatic heterocycles. The number of amides is 2. The van der Waals surface area contributed by atoms with Gasteiger partial charge in [-0.05, 0) is 42.3 Å². The number of nitrogens with one attached hydrogen (secondary N) is 2. The average Bonchev–Trinajstić information content (AvgIpc) is 2.54. The first-order chi connectivity index (χ1) is 11.0. The molecule has 1 atom stereocenters. The highest BCUT2D eigenvalue weighted by Gasteiger charge is 2.16. The third-order valence-electron chi connectivity index (χ3n) is 3.29. The number of hydrogen-bond acceptors (Lipinski definition) is 2. The normalized spacial score (nSPS) is 11.6. The minimum absolute atomic E-state index is 0.231. The van der Waals surface area contributed by atoms with Crippen molar-refractivity contribution in [1.82, 2.24) is 10.6 Å². The van der Waals surface area contributed by atoms with E-state index < -0.39 is 17.9 Å². The second kappa shape index (κ2) is 7.74. The molecule has 0 saturated heterocycles. The van der Waals surface area contributed by atoms with Crippen LogP contribution in [0.2, 0.25) is 5.02 Å². The maximum atomic E-state index is 12.9. The van der Waals surface area contributed by atoms with Gasteiger partial charge < -0.3 is 10.6 Å². The molecule has 2 aromatic carbocycles. The first-order valence-electron chi connectivity index (χ1n) is 7.04. The number of carbonyl (C=O) groups is 2. The van der Waals surface area contributed by atoms with Gasteiger partial charge in [-0.2, -0.15) is 0 Å². The van der Waals surface area contributed by atoms with E-state index in [1.807, 2.05) is 0 Å². The van der Waals surface area contributed by atoms with Crippen molar-refractivity contribution < 1.29 is 14.0 Å². The number of rotatable bonds is 4. The van der Waals surface area contributed by atoms with Crippen molar-refractivity contribution in [3.8, 4) is 0 Å². The second-order valence-electron chi connectivity index (χ2n) is 5.06. The molecule has 0 aliphatic carbocycles. The minimum Gasteiger partial charge on any atom is -0.344 e. The fraction of sp³-hybridized carbons (Fsp3) is 0.176. The molecular weight excluding hydrogens is 319 g/mol. The fourth-order valence-electron chi connectivity index (χ4n) is 1.96. The highest BCUT2D eigenvalue weighted by molar-refractivity contribution is 6.35. The lowest BCUT2D eigenvalue weighted by Gasteiger charge is -2.14. The Morgan fingerprint density at radius 2 is 1.65 bits per heavy atom. The largest absolute Gasteiger partial charge is 0.344 e. The van der Waals surface area contributed by atoms with Crippen molar-refractivity contribution in [3.63, 3.8) is 0 Å². The van der Waals surface area contributed by atoms with E-state index in [9.17, 15) is 14.0 Å². The van der Waals surface area contributed by atoms with Crippen molar-refractivity contribution in [2.75, 3.05) is 0 Å². The summed E-state index contributed by atoms with van der Waals surface area (Å²) in [5, 5.41) is 5.70. The van der Waals surface area contributed by atoms with Gasteiger partial charge in [0.25, 0.3) is 0 Å². The van der Waals surface area contributed by atoms with Crippen molar-refractivity contribution in [3.05, 3.63) is 70.5 Å². The Labute approximate surface area is 138 Å². The van der Waals surface area contributed by atoms with Crippen LogP contribution in [0.15, 0.2) is 48.5 Å². The Bertz CT molecular complexity index is 687. The van der Waals surface area contributed by atoms with Gasteiger partial charge in [0, 0.05) is 11.6 Å². The van der Waals surface area contributed by atoms with Crippen molar-refractivity contribution >= 4 is 23.4 Å². The zero-order valence-electron chi connectivity index (χ0n) is 12.5. The summed E-state index contributed by atoms with van der Waals surface area (Å²) in [6.07, 6.45) is 0. The highest BCUT2D eigenvalue weighted by atomic mass is 35.5. The smallest absolute Gasteiger partial charge is 0.309 e. The molecule has 0 spiro atoms. The SMILES string of the molecule is C[C@H](NC(=O)C(=O)NCc1ccc(Cl)cc1)c1ccc(F)cc1. The minimum atomic E-state index is -0.740. The Morgan fingerprint density at radius 1 is 1.04 bits per heavy atom. The van der Waals surface area contributed by atoms with Crippen LogP contribution in [0.25, 0.3) is 0 Å². The number of halogens is 2. The van der Waals surface area contributed by atoms with E-state index in [1.165, 1.54) is 12.1 Å². The summed E-state index contributed by atoms with van der Waals surface area (Å²) in [5.74, 6) is -1.82. The molecule has 0 aliphatic heterocycles. The first kappa shape index (κ1) is 17.0. The lowest BCUT2D eigenvalue weighted by molar-refractivity contribution is -0.139. The Morgan fingerprint density at radius 3 is 2.26 bits per heavy atom.